The van der Waals surface area contributed by atoms with Crippen molar-refractivity contribution in [3.8, 4) is 28.7 Å². The first-order chi connectivity index (χ1) is 14.7. The molecule has 2 heterocycles. The number of ether oxygens (including phenoxy) is 3. The minimum atomic E-state index is -1.55. The summed E-state index contributed by atoms with van der Waals surface area (Å²) < 4.78 is 17.4. The third kappa shape index (κ3) is 3.95. The van der Waals surface area contributed by atoms with E-state index in [-0.39, 0.29) is 35.2 Å². The molecule has 2 aliphatic rings. The number of aliphatic hydroxyl groups excluding tert-OH is 3. The Kier molecular flexibility index (Phi) is 5.58. The number of rotatable bonds is 3. The van der Waals surface area contributed by atoms with Crippen molar-refractivity contribution in [3.05, 3.63) is 41.5 Å². The average Bonchev–Trinajstić information content (AvgIpc) is 2.72. The Labute approximate surface area is 177 Å². The molecule has 168 valence electrons. The molecule has 7 N–H and O–H groups in total. The molecule has 10 nitrogen and oxygen atoms in total. The molecule has 1 saturated heterocycles. The Morgan fingerprint density at radius 2 is 1.61 bits per heavy atom. The average molecular weight is 436 g/mol. The summed E-state index contributed by atoms with van der Waals surface area (Å²) in [6.07, 6.45) is -8.15. The van der Waals surface area contributed by atoms with Crippen LogP contribution in [0.3, 0.4) is 0 Å². The first-order valence-electron chi connectivity index (χ1n) is 9.74. The maximum absolute atomic E-state index is 10.3. The molecular weight excluding hydrogens is 412 g/mol. The summed E-state index contributed by atoms with van der Waals surface area (Å²) in [5.74, 6) is -0.941. The van der Waals surface area contributed by atoms with Crippen LogP contribution in [0.15, 0.2) is 30.3 Å². The summed E-state index contributed by atoms with van der Waals surface area (Å²) in [5.41, 5.74) is 0.758. The van der Waals surface area contributed by atoms with Gasteiger partial charge in [0.2, 0.25) is 0 Å². The zero-order valence-corrected chi connectivity index (χ0v) is 16.5. The van der Waals surface area contributed by atoms with E-state index in [0.29, 0.717) is 11.1 Å². The van der Waals surface area contributed by atoms with Crippen LogP contribution < -0.4 is 4.74 Å². The molecule has 0 amide bonds. The Hall–Kier alpha value is -2.76. The van der Waals surface area contributed by atoms with Gasteiger partial charge in [0.05, 0.1) is 6.10 Å². The molecule has 4 rings (SSSR count). The second kappa shape index (κ2) is 8.06. The van der Waals surface area contributed by atoms with E-state index in [0.717, 1.165) is 6.07 Å². The van der Waals surface area contributed by atoms with Crippen LogP contribution in [0.2, 0.25) is 0 Å². The fourth-order valence-corrected chi connectivity index (χ4v) is 3.87. The Morgan fingerprint density at radius 3 is 2.32 bits per heavy atom. The lowest BCUT2D eigenvalue weighted by Crippen LogP contribution is -2.58. The minimum Gasteiger partial charge on any atom is -0.508 e. The van der Waals surface area contributed by atoms with E-state index in [2.05, 4.69) is 0 Å². The van der Waals surface area contributed by atoms with Crippen LogP contribution >= 0.6 is 0 Å². The second-order valence-corrected chi connectivity index (χ2v) is 7.79. The van der Waals surface area contributed by atoms with Crippen molar-refractivity contribution in [2.75, 3.05) is 0 Å². The number of phenols is 4. The van der Waals surface area contributed by atoms with Crippen molar-refractivity contribution < 1.29 is 50.0 Å². The number of phenolic OH excluding ortho intramolecular Hbond substituents is 4. The molecule has 3 unspecified atom stereocenters. The number of aliphatic hydroxyl groups is 3. The molecule has 1 fully saturated rings. The smallest absolute Gasteiger partial charge is 0.187 e. The standard InChI is InChI=1S/C21H24O10/c1-8-17(26)18(27)19(28)21(29-8)31-16-7-11-13(24)5-10(22)6-15(11)30-20(16)9-2-3-12(23)14(25)4-9/h2-6,8,16-28H,7H2,1H3/t8-,16?,17-,18+,19+,20?,21?/m0/s1. The maximum atomic E-state index is 10.3. The van der Waals surface area contributed by atoms with Crippen molar-refractivity contribution in [2.24, 2.45) is 0 Å². The van der Waals surface area contributed by atoms with E-state index in [1.807, 2.05) is 0 Å². The highest BCUT2D eigenvalue weighted by molar-refractivity contribution is 5.52. The summed E-state index contributed by atoms with van der Waals surface area (Å²) in [7, 11) is 0. The van der Waals surface area contributed by atoms with Crippen LogP contribution in [0.5, 0.6) is 28.7 Å². The van der Waals surface area contributed by atoms with Crippen LogP contribution in [-0.4, -0.2) is 72.6 Å². The quantitative estimate of drug-likeness (QED) is 0.334. The molecule has 2 aliphatic heterocycles. The van der Waals surface area contributed by atoms with Gasteiger partial charge in [0, 0.05) is 24.1 Å². The van der Waals surface area contributed by atoms with Gasteiger partial charge in [0.1, 0.15) is 41.7 Å². The topological polar surface area (TPSA) is 169 Å². The van der Waals surface area contributed by atoms with Gasteiger partial charge in [-0.25, -0.2) is 0 Å². The van der Waals surface area contributed by atoms with Crippen LogP contribution in [0, 0.1) is 0 Å². The van der Waals surface area contributed by atoms with Gasteiger partial charge >= 0.3 is 0 Å². The number of benzene rings is 2. The van der Waals surface area contributed by atoms with E-state index in [1.54, 1.807) is 0 Å². The van der Waals surface area contributed by atoms with Crippen molar-refractivity contribution in [2.45, 2.75) is 56.3 Å². The second-order valence-electron chi connectivity index (χ2n) is 7.79. The summed E-state index contributed by atoms with van der Waals surface area (Å²) in [6.45, 7) is 1.52. The van der Waals surface area contributed by atoms with Gasteiger partial charge in [-0.3, -0.25) is 0 Å². The van der Waals surface area contributed by atoms with Gasteiger partial charge in [-0.15, -0.1) is 0 Å². The first-order valence-corrected chi connectivity index (χ1v) is 9.74. The van der Waals surface area contributed by atoms with Crippen LogP contribution in [0.25, 0.3) is 0 Å². The minimum absolute atomic E-state index is 0.0767. The lowest BCUT2D eigenvalue weighted by molar-refractivity contribution is -0.310. The SMILES string of the molecule is C[C@@H]1OC(OC2Cc3c(O)cc(O)cc3OC2c2ccc(O)c(O)c2)[C@H](O)[C@H](O)[C@H]1O. The fourth-order valence-electron chi connectivity index (χ4n) is 3.87. The lowest BCUT2D eigenvalue weighted by Gasteiger charge is -2.42. The Bertz CT molecular complexity index is 963. The van der Waals surface area contributed by atoms with Gasteiger partial charge in [-0.2, -0.15) is 0 Å². The number of fused-ring (bicyclic) bond motifs is 1. The van der Waals surface area contributed by atoms with E-state index in [9.17, 15) is 35.7 Å². The highest BCUT2D eigenvalue weighted by Crippen LogP contribution is 2.44. The normalized spacial score (nSPS) is 32.8. The lowest BCUT2D eigenvalue weighted by atomic mass is 9.93. The molecule has 10 heteroatoms. The van der Waals surface area contributed by atoms with Gasteiger partial charge in [0.25, 0.3) is 0 Å². The van der Waals surface area contributed by atoms with E-state index < -0.39 is 42.9 Å². The van der Waals surface area contributed by atoms with Crippen molar-refractivity contribution in [1.82, 2.24) is 0 Å². The summed E-state index contributed by atoms with van der Waals surface area (Å²) in [5, 5.41) is 69.9. The van der Waals surface area contributed by atoms with Crippen molar-refractivity contribution in [3.63, 3.8) is 0 Å². The molecule has 0 radical (unpaired) electrons. The highest BCUT2D eigenvalue weighted by atomic mass is 16.7. The monoisotopic (exact) mass is 436 g/mol. The molecule has 0 aliphatic carbocycles. The first kappa shape index (κ1) is 21.5. The maximum Gasteiger partial charge on any atom is 0.187 e. The summed E-state index contributed by atoms with van der Waals surface area (Å²) >= 11 is 0. The predicted octanol–water partition coefficient (Wildman–Crippen LogP) is 0.398. The third-order valence-corrected chi connectivity index (χ3v) is 5.61. The van der Waals surface area contributed by atoms with Gasteiger partial charge in [-0.1, -0.05) is 6.07 Å². The molecule has 2 aromatic rings. The highest BCUT2D eigenvalue weighted by Gasteiger charge is 2.45. The van der Waals surface area contributed by atoms with Crippen LogP contribution in [0.4, 0.5) is 0 Å². The summed E-state index contributed by atoms with van der Waals surface area (Å²) in [4.78, 5) is 0. The molecular formula is C21H24O10. The van der Waals surface area contributed by atoms with Gasteiger partial charge in [0.15, 0.2) is 23.9 Å². The largest absolute Gasteiger partial charge is 0.508 e. The van der Waals surface area contributed by atoms with Crippen molar-refractivity contribution >= 4 is 0 Å². The van der Waals surface area contributed by atoms with E-state index in [4.69, 9.17) is 14.2 Å². The molecule has 0 saturated carbocycles. The van der Waals surface area contributed by atoms with E-state index in [1.165, 1.54) is 31.2 Å². The summed E-state index contributed by atoms with van der Waals surface area (Å²) in [6, 6.07) is 6.54. The van der Waals surface area contributed by atoms with Crippen LogP contribution in [0.1, 0.15) is 24.2 Å². The molecule has 31 heavy (non-hydrogen) atoms. The molecule has 0 spiro atoms. The zero-order valence-electron chi connectivity index (χ0n) is 16.5. The molecule has 2 aromatic carbocycles. The van der Waals surface area contributed by atoms with E-state index >= 15 is 0 Å². The van der Waals surface area contributed by atoms with Gasteiger partial charge < -0.3 is 50.0 Å². The number of hydrogen-bond acceptors (Lipinski definition) is 10. The predicted molar refractivity (Wildman–Crippen MR) is 104 cm³/mol. The van der Waals surface area contributed by atoms with Crippen molar-refractivity contribution in [1.29, 1.82) is 0 Å². The number of aromatic hydroxyl groups is 4. The number of hydrogen-bond donors (Lipinski definition) is 7. The van der Waals surface area contributed by atoms with Crippen LogP contribution in [-0.2, 0) is 15.9 Å². The molecule has 7 atom stereocenters. The fraction of sp³-hybridized carbons (Fsp3) is 0.429. The third-order valence-electron chi connectivity index (χ3n) is 5.61. The van der Waals surface area contributed by atoms with Gasteiger partial charge in [-0.05, 0) is 24.6 Å². The molecule has 0 aromatic heterocycles. The molecule has 0 bridgehead atoms. The Morgan fingerprint density at radius 1 is 0.871 bits per heavy atom. The zero-order chi connectivity index (χ0) is 22.4. The Balaban J connectivity index is 1.69.